The van der Waals surface area contributed by atoms with Gasteiger partial charge in [-0.1, -0.05) is 19.8 Å². The Morgan fingerprint density at radius 3 is 2.75 bits per heavy atom. The van der Waals surface area contributed by atoms with Gasteiger partial charge < -0.3 is 10.1 Å². The molecule has 0 aromatic carbocycles. The van der Waals surface area contributed by atoms with Crippen molar-refractivity contribution in [3.63, 3.8) is 0 Å². The van der Waals surface area contributed by atoms with Crippen LogP contribution in [-0.2, 0) is 4.74 Å². The molecule has 3 heteroatoms. The Morgan fingerprint density at radius 1 is 1.25 bits per heavy atom. The predicted molar refractivity (Wildman–Crippen MR) is 71.2 cm³/mol. The quantitative estimate of drug-likeness (QED) is 0.775. The monoisotopic (exact) mass is 243 g/mol. The average Bonchev–Trinajstić information content (AvgIpc) is 2.96. The molecule has 1 N–H and O–H groups in total. The zero-order valence-electron chi connectivity index (χ0n) is 10.4. The fraction of sp³-hybridized carbons (Fsp3) is 1.00. The van der Waals surface area contributed by atoms with Gasteiger partial charge in [0.15, 0.2) is 0 Å². The van der Waals surface area contributed by atoms with Crippen LogP contribution < -0.4 is 5.32 Å². The van der Waals surface area contributed by atoms with Crippen LogP contribution in [-0.4, -0.2) is 36.3 Å². The van der Waals surface area contributed by atoms with Crippen molar-refractivity contribution in [3.05, 3.63) is 0 Å². The molecule has 2 atom stereocenters. The van der Waals surface area contributed by atoms with Crippen LogP contribution in [0.4, 0.5) is 0 Å². The van der Waals surface area contributed by atoms with Crippen molar-refractivity contribution in [3.8, 4) is 0 Å². The molecule has 0 bridgehead atoms. The predicted octanol–water partition coefficient (Wildman–Crippen LogP) is 2.82. The lowest BCUT2D eigenvalue weighted by atomic mass is 10.2. The molecule has 0 aromatic heterocycles. The molecule has 0 spiro atoms. The minimum atomic E-state index is 0.541. The maximum atomic E-state index is 5.64. The molecule has 0 amide bonds. The van der Waals surface area contributed by atoms with Gasteiger partial charge in [0.25, 0.3) is 0 Å². The third-order valence-electron chi connectivity index (χ3n) is 3.64. The summed E-state index contributed by atoms with van der Waals surface area (Å²) in [4.78, 5) is 0. The van der Waals surface area contributed by atoms with Crippen molar-refractivity contribution < 1.29 is 4.74 Å². The fourth-order valence-corrected chi connectivity index (χ4v) is 3.59. The van der Waals surface area contributed by atoms with Crippen LogP contribution in [0.3, 0.4) is 0 Å². The molecule has 1 saturated heterocycles. The highest BCUT2D eigenvalue weighted by Gasteiger charge is 2.18. The molecule has 1 saturated carbocycles. The van der Waals surface area contributed by atoms with E-state index in [0.29, 0.717) is 6.10 Å². The van der Waals surface area contributed by atoms with E-state index in [9.17, 15) is 0 Å². The summed E-state index contributed by atoms with van der Waals surface area (Å²) in [6, 6.07) is 0.811. The number of ether oxygens (including phenoxy) is 1. The van der Waals surface area contributed by atoms with E-state index in [0.717, 1.165) is 17.9 Å². The first-order valence-electron chi connectivity index (χ1n) is 6.81. The smallest absolute Gasteiger partial charge is 0.0666 e. The van der Waals surface area contributed by atoms with Gasteiger partial charge >= 0.3 is 0 Å². The summed E-state index contributed by atoms with van der Waals surface area (Å²) < 4.78 is 5.64. The van der Waals surface area contributed by atoms with Crippen LogP contribution in [0.2, 0.25) is 0 Å². The Morgan fingerprint density at radius 2 is 2.06 bits per heavy atom. The van der Waals surface area contributed by atoms with E-state index in [1.165, 1.54) is 50.8 Å². The van der Waals surface area contributed by atoms with Crippen molar-refractivity contribution in [2.75, 3.05) is 18.9 Å². The average molecular weight is 243 g/mol. The maximum absolute atomic E-state index is 5.64. The largest absolute Gasteiger partial charge is 0.377 e. The minimum absolute atomic E-state index is 0.541. The number of hydrogen-bond donors (Lipinski definition) is 1. The molecule has 2 unspecified atom stereocenters. The van der Waals surface area contributed by atoms with Crippen LogP contribution in [0.25, 0.3) is 0 Å². The molecule has 94 valence electrons. The summed E-state index contributed by atoms with van der Waals surface area (Å²) in [6.07, 6.45) is 8.71. The molecule has 2 fully saturated rings. The van der Waals surface area contributed by atoms with Gasteiger partial charge in [-0.15, -0.1) is 0 Å². The standard InChI is InChI=1S/C13H25NOS/c1-11(9-14-12-5-2-3-6-12)16-10-13-7-4-8-15-13/h11-14H,2-10H2,1H3. The maximum Gasteiger partial charge on any atom is 0.0666 e. The topological polar surface area (TPSA) is 21.3 Å². The molecule has 2 rings (SSSR count). The van der Waals surface area contributed by atoms with Crippen LogP contribution in [0, 0.1) is 0 Å². The molecule has 0 aromatic rings. The Bertz CT molecular complexity index is 168. The Labute approximate surface area is 104 Å². The van der Waals surface area contributed by atoms with Gasteiger partial charge in [0.2, 0.25) is 0 Å². The summed E-state index contributed by atoms with van der Waals surface area (Å²) in [5, 5.41) is 4.42. The Kier molecular flexibility index (Phi) is 5.46. The van der Waals surface area contributed by atoms with E-state index < -0.39 is 0 Å². The van der Waals surface area contributed by atoms with Crippen LogP contribution in [0.1, 0.15) is 45.4 Å². The zero-order valence-corrected chi connectivity index (χ0v) is 11.2. The van der Waals surface area contributed by atoms with E-state index in [1.54, 1.807) is 0 Å². The van der Waals surface area contributed by atoms with Crippen molar-refractivity contribution in [2.45, 2.75) is 62.8 Å². The van der Waals surface area contributed by atoms with Crippen LogP contribution >= 0.6 is 11.8 Å². The second-order valence-corrected chi connectivity index (χ2v) is 6.64. The highest BCUT2D eigenvalue weighted by Crippen LogP contribution is 2.21. The number of nitrogens with one attached hydrogen (secondary N) is 1. The molecule has 2 nitrogen and oxygen atoms in total. The van der Waals surface area contributed by atoms with Gasteiger partial charge in [0.1, 0.15) is 0 Å². The molecule has 1 heterocycles. The summed E-state index contributed by atoms with van der Waals surface area (Å²) in [5.74, 6) is 1.19. The lowest BCUT2D eigenvalue weighted by Crippen LogP contribution is -2.32. The Hall–Kier alpha value is 0.270. The number of hydrogen-bond acceptors (Lipinski definition) is 3. The van der Waals surface area contributed by atoms with Gasteiger partial charge in [0, 0.05) is 30.2 Å². The molecule has 1 aliphatic heterocycles. The van der Waals surface area contributed by atoms with E-state index in [-0.39, 0.29) is 0 Å². The highest BCUT2D eigenvalue weighted by molar-refractivity contribution is 7.99. The number of rotatable bonds is 6. The first-order chi connectivity index (χ1) is 7.84. The molecule has 0 radical (unpaired) electrons. The van der Waals surface area contributed by atoms with Crippen molar-refractivity contribution >= 4 is 11.8 Å². The molecule has 16 heavy (non-hydrogen) atoms. The van der Waals surface area contributed by atoms with E-state index in [2.05, 4.69) is 24.0 Å². The third kappa shape index (κ3) is 4.27. The van der Waals surface area contributed by atoms with E-state index >= 15 is 0 Å². The summed E-state index contributed by atoms with van der Waals surface area (Å²) in [7, 11) is 0. The van der Waals surface area contributed by atoms with Crippen LogP contribution in [0.5, 0.6) is 0 Å². The number of thioether (sulfide) groups is 1. The second-order valence-electron chi connectivity index (χ2n) is 5.17. The van der Waals surface area contributed by atoms with Gasteiger partial charge in [0.05, 0.1) is 6.10 Å². The van der Waals surface area contributed by atoms with E-state index in [4.69, 9.17) is 4.74 Å². The molecular weight excluding hydrogens is 218 g/mol. The first-order valence-corrected chi connectivity index (χ1v) is 7.86. The summed E-state index contributed by atoms with van der Waals surface area (Å²) in [5.41, 5.74) is 0. The zero-order chi connectivity index (χ0) is 11.2. The first kappa shape index (κ1) is 12.7. The van der Waals surface area contributed by atoms with Crippen molar-refractivity contribution in [1.82, 2.24) is 5.32 Å². The van der Waals surface area contributed by atoms with Gasteiger partial charge in [-0.25, -0.2) is 0 Å². The lowest BCUT2D eigenvalue weighted by molar-refractivity contribution is 0.129. The van der Waals surface area contributed by atoms with E-state index in [1.807, 2.05) is 0 Å². The lowest BCUT2D eigenvalue weighted by Gasteiger charge is -2.18. The molecular formula is C13H25NOS. The van der Waals surface area contributed by atoms with Gasteiger partial charge in [-0.05, 0) is 25.7 Å². The molecule has 2 aliphatic rings. The normalized spacial score (nSPS) is 28.7. The van der Waals surface area contributed by atoms with Crippen molar-refractivity contribution in [1.29, 1.82) is 0 Å². The minimum Gasteiger partial charge on any atom is -0.377 e. The molecule has 1 aliphatic carbocycles. The van der Waals surface area contributed by atoms with Crippen LogP contribution in [0.15, 0.2) is 0 Å². The van der Waals surface area contributed by atoms with Gasteiger partial charge in [-0.2, -0.15) is 11.8 Å². The summed E-state index contributed by atoms with van der Waals surface area (Å²) in [6.45, 7) is 4.49. The third-order valence-corrected chi connectivity index (χ3v) is 4.94. The highest BCUT2D eigenvalue weighted by atomic mass is 32.2. The van der Waals surface area contributed by atoms with Crippen molar-refractivity contribution in [2.24, 2.45) is 0 Å². The SMILES string of the molecule is CC(CNC1CCCC1)SCC1CCCO1. The fourth-order valence-electron chi connectivity index (χ4n) is 2.57. The summed E-state index contributed by atoms with van der Waals surface area (Å²) >= 11 is 2.07. The Balaban J connectivity index is 1.51. The second kappa shape index (κ2) is 6.87. The van der Waals surface area contributed by atoms with Gasteiger partial charge in [-0.3, -0.25) is 0 Å².